The second kappa shape index (κ2) is 5.94. The van der Waals surface area contributed by atoms with Crippen LogP contribution in [0.15, 0.2) is 18.5 Å². The highest BCUT2D eigenvalue weighted by Crippen LogP contribution is 2.28. The minimum absolute atomic E-state index is 0.729. The van der Waals surface area contributed by atoms with Crippen molar-refractivity contribution in [1.29, 1.82) is 0 Å². The Morgan fingerprint density at radius 2 is 2.09 bits per heavy atom. The lowest BCUT2D eigenvalue weighted by molar-refractivity contribution is 0.586. The Balaban J connectivity index is 2.00. The van der Waals surface area contributed by atoms with Crippen molar-refractivity contribution in [2.24, 2.45) is 0 Å². The van der Waals surface area contributed by atoms with E-state index in [9.17, 15) is 0 Å². The number of rotatable bonds is 3. The monoisotopic (exact) mass is 330 g/mol. The summed E-state index contributed by atoms with van der Waals surface area (Å²) in [4.78, 5) is 7.26. The number of halogens is 1. The number of anilines is 1. The Bertz CT molecular complexity index is 853. The second-order valence-corrected chi connectivity index (χ2v) is 6.32. The van der Waals surface area contributed by atoms with Crippen molar-refractivity contribution in [2.45, 2.75) is 19.8 Å². The lowest BCUT2D eigenvalue weighted by atomic mass is 10.1. The van der Waals surface area contributed by atoms with E-state index in [-0.39, 0.29) is 0 Å². The van der Waals surface area contributed by atoms with E-state index in [1.165, 1.54) is 5.56 Å². The molecule has 0 unspecified atom stereocenters. The topological polar surface area (TPSA) is 58.4 Å². The van der Waals surface area contributed by atoms with E-state index >= 15 is 0 Å². The fourth-order valence-corrected chi connectivity index (χ4v) is 3.46. The van der Waals surface area contributed by atoms with Gasteiger partial charge < -0.3 is 10.2 Å². The van der Waals surface area contributed by atoms with Gasteiger partial charge in [0, 0.05) is 31.2 Å². The number of aromatic nitrogens is 4. The Morgan fingerprint density at radius 1 is 1.26 bits per heavy atom. The van der Waals surface area contributed by atoms with Crippen molar-refractivity contribution in [3.63, 3.8) is 0 Å². The maximum absolute atomic E-state index is 6.31. The first-order valence-corrected chi connectivity index (χ1v) is 8.43. The predicted molar refractivity (Wildman–Crippen MR) is 92.4 cm³/mol. The summed E-state index contributed by atoms with van der Waals surface area (Å²) in [5, 5.41) is 12.5. The lowest BCUT2D eigenvalue weighted by Gasteiger charge is -2.28. The molecule has 0 spiro atoms. The Hall–Kier alpha value is -1.92. The predicted octanol–water partition coefficient (Wildman–Crippen LogP) is 2.29. The standard InChI is InChI=1S/C16H19ClN6/c1-2-3-11-8-12(17)9-13-14(11)20-15(16-21-19-10-23(13)16)22-6-4-18-5-7-22/h8-10,18H,2-7H2,1H3. The van der Waals surface area contributed by atoms with Gasteiger partial charge in [-0.25, -0.2) is 4.98 Å². The van der Waals surface area contributed by atoms with Crippen LogP contribution in [-0.4, -0.2) is 45.8 Å². The average Bonchev–Trinajstić information content (AvgIpc) is 3.05. The van der Waals surface area contributed by atoms with Crippen LogP contribution in [0, 0.1) is 0 Å². The van der Waals surface area contributed by atoms with Gasteiger partial charge in [0.1, 0.15) is 6.33 Å². The van der Waals surface area contributed by atoms with Gasteiger partial charge in [-0.1, -0.05) is 24.9 Å². The largest absolute Gasteiger partial charge is 0.351 e. The molecule has 0 radical (unpaired) electrons. The van der Waals surface area contributed by atoms with E-state index in [4.69, 9.17) is 16.6 Å². The van der Waals surface area contributed by atoms with Crippen LogP contribution < -0.4 is 10.2 Å². The third-order valence-corrected chi connectivity index (χ3v) is 4.51. The second-order valence-electron chi connectivity index (χ2n) is 5.88. The molecule has 1 aliphatic rings. The maximum atomic E-state index is 6.31. The number of nitrogens with zero attached hydrogens (tertiary/aromatic N) is 5. The third-order valence-electron chi connectivity index (χ3n) is 4.29. The van der Waals surface area contributed by atoms with Gasteiger partial charge in [0.25, 0.3) is 0 Å². The quantitative estimate of drug-likeness (QED) is 0.798. The molecule has 2 aromatic heterocycles. The van der Waals surface area contributed by atoms with Gasteiger partial charge in [-0.15, -0.1) is 10.2 Å². The molecule has 0 amide bonds. The van der Waals surface area contributed by atoms with E-state index in [0.29, 0.717) is 0 Å². The minimum Gasteiger partial charge on any atom is -0.351 e. The first kappa shape index (κ1) is 14.7. The summed E-state index contributed by atoms with van der Waals surface area (Å²) < 4.78 is 2.00. The highest BCUT2D eigenvalue weighted by molar-refractivity contribution is 6.31. The van der Waals surface area contributed by atoms with Crippen molar-refractivity contribution in [3.05, 3.63) is 29.0 Å². The molecule has 1 saturated heterocycles. The Labute approximate surface area is 139 Å². The molecule has 0 saturated carbocycles. The van der Waals surface area contributed by atoms with Crippen LogP contribution in [0.1, 0.15) is 18.9 Å². The third kappa shape index (κ3) is 2.52. The summed E-state index contributed by atoms with van der Waals surface area (Å²) in [7, 11) is 0. The fraction of sp³-hybridized carbons (Fsp3) is 0.438. The molecule has 0 atom stereocenters. The lowest BCUT2D eigenvalue weighted by Crippen LogP contribution is -2.44. The van der Waals surface area contributed by atoms with Crippen molar-refractivity contribution in [2.75, 3.05) is 31.1 Å². The van der Waals surface area contributed by atoms with Crippen LogP contribution in [-0.2, 0) is 6.42 Å². The van der Waals surface area contributed by atoms with Crippen LogP contribution >= 0.6 is 11.6 Å². The number of benzene rings is 1. The van der Waals surface area contributed by atoms with Crippen molar-refractivity contribution in [3.8, 4) is 0 Å². The van der Waals surface area contributed by atoms with Crippen molar-refractivity contribution < 1.29 is 0 Å². The highest BCUT2D eigenvalue weighted by atomic mass is 35.5. The van der Waals surface area contributed by atoms with Crippen molar-refractivity contribution in [1.82, 2.24) is 24.9 Å². The smallest absolute Gasteiger partial charge is 0.204 e. The van der Waals surface area contributed by atoms with E-state index in [2.05, 4.69) is 27.3 Å². The molecule has 3 aromatic rings. The van der Waals surface area contributed by atoms with Gasteiger partial charge in [-0.05, 0) is 24.1 Å². The SMILES string of the molecule is CCCc1cc(Cl)cc2c1nc(N1CCNCC1)c1nncn12. The molecular formula is C16H19ClN6. The number of nitrogens with one attached hydrogen (secondary N) is 1. The fourth-order valence-electron chi connectivity index (χ4n) is 3.22. The zero-order chi connectivity index (χ0) is 15.8. The molecule has 3 heterocycles. The molecule has 6 nitrogen and oxygen atoms in total. The van der Waals surface area contributed by atoms with Crippen LogP contribution in [0.25, 0.3) is 16.7 Å². The molecule has 7 heteroatoms. The summed E-state index contributed by atoms with van der Waals surface area (Å²) in [5.74, 6) is 0.913. The molecule has 1 aliphatic heterocycles. The molecule has 1 N–H and O–H groups in total. The van der Waals surface area contributed by atoms with Gasteiger partial charge in [0.2, 0.25) is 5.65 Å². The molecular weight excluding hydrogens is 312 g/mol. The molecule has 120 valence electrons. The number of hydrogen-bond donors (Lipinski definition) is 1. The number of hydrogen-bond acceptors (Lipinski definition) is 5. The summed E-state index contributed by atoms with van der Waals surface area (Å²) in [6, 6.07) is 3.97. The van der Waals surface area contributed by atoms with Crippen LogP contribution in [0.3, 0.4) is 0 Å². The number of fused-ring (bicyclic) bond motifs is 3. The first-order chi connectivity index (χ1) is 11.3. The Kier molecular flexibility index (Phi) is 3.79. The van der Waals surface area contributed by atoms with Gasteiger partial charge in [-0.2, -0.15) is 0 Å². The minimum atomic E-state index is 0.729. The van der Waals surface area contributed by atoms with Crippen LogP contribution in [0.5, 0.6) is 0 Å². The van der Waals surface area contributed by atoms with E-state index < -0.39 is 0 Å². The van der Waals surface area contributed by atoms with Crippen molar-refractivity contribution >= 4 is 34.1 Å². The van der Waals surface area contributed by atoms with Crippen LogP contribution in [0.4, 0.5) is 5.82 Å². The summed E-state index contributed by atoms with van der Waals surface area (Å²) in [5.41, 5.74) is 3.95. The Morgan fingerprint density at radius 3 is 2.87 bits per heavy atom. The first-order valence-electron chi connectivity index (χ1n) is 8.05. The summed E-state index contributed by atoms with van der Waals surface area (Å²) in [6.45, 7) is 5.95. The normalized spacial score (nSPS) is 15.7. The highest BCUT2D eigenvalue weighted by Gasteiger charge is 2.19. The molecule has 23 heavy (non-hydrogen) atoms. The van der Waals surface area contributed by atoms with Gasteiger partial charge in [0.05, 0.1) is 11.0 Å². The summed E-state index contributed by atoms with van der Waals surface area (Å²) >= 11 is 6.31. The van der Waals surface area contributed by atoms with Crippen LogP contribution in [0.2, 0.25) is 5.02 Å². The molecule has 0 bridgehead atoms. The zero-order valence-corrected chi connectivity index (χ0v) is 13.8. The number of piperazine rings is 1. The zero-order valence-electron chi connectivity index (χ0n) is 13.1. The maximum Gasteiger partial charge on any atom is 0.204 e. The van der Waals surface area contributed by atoms with E-state index in [1.807, 2.05) is 16.5 Å². The summed E-state index contributed by atoms with van der Waals surface area (Å²) in [6.07, 6.45) is 3.76. The number of aryl methyl sites for hydroxylation is 1. The van der Waals surface area contributed by atoms with E-state index in [0.717, 1.165) is 66.5 Å². The molecule has 0 aliphatic carbocycles. The molecule has 4 rings (SSSR count). The van der Waals surface area contributed by atoms with Gasteiger partial charge in [0.15, 0.2) is 5.82 Å². The molecule has 1 aromatic carbocycles. The van der Waals surface area contributed by atoms with Gasteiger partial charge in [-0.3, -0.25) is 4.40 Å². The molecule has 1 fully saturated rings. The van der Waals surface area contributed by atoms with Gasteiger partial charge >= 0.3 is 0 Å². The average molecular weight is 331 g/mol. The van der Waals surface area contributed by atoms with E-state index in [1.54, 1.807) is 6.33 Å².